The van der Waals surface area contributed by atoms with Crippen LogP contribution in [0.15, 0.2) is 0 Å². The number of likely N-dealkylation sites (N-methyl/N-ethyl adjacent to an activating group) is 1. The lowest BCUT2D eigenvalue weighted by molar-refractivity contribution is -0.139. The van der Waals surface area contributed by atoms with Gasteiger partial charge in [-0.05, 0) is 18.6 Å². The van der Waals surface area contributed by atoms with Gasteiger partial charge in [0.2, 0.25) is 11.8 Å². The van der Waals surface area contributed by atoms with Crippen molar-refractivity contribution in [2.75, 3.05) is 45.5 Å². The molecular weight excluding hydrogens is 250 g/mol. The first-order chi connectivity index (χ1) is 8.68. The van der Waals surface area contributed by atoms with Gasteiger partial charge in [-0.3, -0.25) is 9.59 Å². The third-order valence-electron chi connectivity index (χ3n) is 3.42. The smallest absolute Gasteiger partial charge is 0.242 e. The van der Waals surface area contributed by atoms with Crippen molar-refractivity contribution in [1.82, 2.24) is 15.1 Å². The summed E-state index contributed by atoms with van der Waals surface area (Å²) in [5.74, 6) is 1.24. The molecule has 0 saturated carbocycles. The van der Waals surface area contributed by atoms with E-state index in [2.05, 4.69) is 5.32 Å². The van der Waals surface area contributed by atoms with E-state index in [0.717, 1.165) is 44.8 Å². The van der Waals surface area contributed by atoms with Gasteiger partial charge in [0.25, 0.3) is 0 Å². The lowest BCUT2D eigenvalue weighted by atomic mass is 10.2. The molecule has 0 bridgehead atoms. The first-order valence-corrected chi connectivity index (χ1v) is 7.58. The maximum Gasteiger partial charge on any atom is 0.242 e. The summed E-state index contributed by atoms with van der Waals surface area (Å²) in [6.45, 7) is 3.41. The summed E-state index contributed by atoms with van der Waals surface area (Å²) in [6, 6.07) is 0. The molecule has 0 aromatic carbocycles. The van der Waals surface area contributed by atoms with E-state index in [0.29, 0.717) is 0 Å². The topological polar surface area (TPSA) is 52.7 Å². The van der Waals surface area contributed by atoms with Crippen LogP contribution < -0.4 is 5.32 Å². The standard InChI is InChI=1S/C12H21N3O2S/c1-14(12(17)10-3-2-8-18-10)9-11(16)15-6-4-13-5-7-15/h10,13H,2-9H2,1H3. The van der Waals surface area contributed by atoms with Gasteiger partial charge in [-0.2, -0.15) is 0 Å². The second-order valence-electron chi connectivity index (χ2n) is 4.83. The number of carbonyl (C=O) groups excluding carboxylic acids is 2. The summed E-state index contributed by atoms with van der Waals surface area (Å²) < 4.78 is 0. The molecule has 2 fully saturated rings. The molecule has 2 aliphatic rings. The minimum absolute atomic E-state index is 0.0651. The van der Waals surface area contributed by atoms with Crippen molar-refractivity contribution in [2.45, 2.75) is 18.1 Å². The zero-order valence-corrected chi connectivity index (χ0v) is 11.7. The lowest BCUT2D eigenvalue weighted by Gasteiger charge is -2.29. The highest BCUT2D eigenvalue weighted by Crippen LogP contribution is 2.27. The van der Waals surface area contributed by atoms with Gasteiger partial charge in [-0.1, -0.05) is 0 Å². The molecule has 2 heterocycles. The fraction of sp³-hybridized carbons (Fsp3) is 0.833. The van der Waals surface area contributed by atoms with E-state index in [1.54, 1.807) is 23.7 Å². The predicted molar refractivity (Wildman–Crippen MR) is 72.6 cm³/mol. The third kappa shape index (κ3) is 3.38. The Bertz CT molecular complexity index is 312. The van der Waals surface area contributed by atoms with E-state index < -0.39 is 0 Å². The second kappa shape index (κ2) is 6.43. The molecule has 5 nitrogen and oxygen atoms in total. The fourth-order valence-electron chi connectivity index (χ4n) is 2.31. The molecule has 18 heavy (non-hydrogen) atoms. The van der Waals surface area contributed by atoms with Crippen LogP contribution in [-0.4, -0.2) is 72.4 Å². The molecule has 0 aromatic rings. The number of hydrogen-bond donors (Lipinski definition) is 1. The van der Waals surface area contributed by atoms with E-state index in [4.69, 9.17) is 0 Å². The van der Waals surface area contributed by atoms with E-state index in [-0.39, 0.29) is 23.6 Å². The van der Waals surface area contributed by atoms with Gasteiger partial charge >= 0.3 is 0 Å². The molecule has 0 spiro atoms. The Morgan fingerprint density at radius 2 is 2.11 bits per heavy atom. The number of piperazine rings is 1. The highest BCUT2D eigenvalue weighted by atomic mass is 32.2. The molecule has 2 rings (SSSR count). The van der Waals surface area contributed by atoms with Crippen molar-refractivity contribution in [3.8, 4) is 0 Å². The van der Waals surface area contributed by atoms with Crippen LogP contribution in [0.3, 0.4) is 0 Å². The Hall–Kier alpha value is -0.750. The summed E-state index contributed by atoms with van der Waals surface area (Å²) in [5.41, 5.74) is 0. The van der Waals surface area contributed by atoms with Gasteiger partial charge in [0.15, 0.2) is 0 Å². The van der Waals surface area contributed by atoms with Crippen LogP contribution in [0, 0.1) is 0 Å². The van der Waals surface area contributed by atoms with Crippen LogP contribution in [0.2, 0.25) is 0 Å². The average Bonchev–Trinajstić information content (AvgIpc) is 2.92. The molecule has 0 aliphatic carbocycles. The zero-order chi connectivity index (χ0) is 13.0. The molecule has 0 radical (unpaired) electrons. The van der Waals surface area contributed by atoms with Crippen molar-refractivity contribution >= 4 is 23.6 Å². The molecule has 2 amide bonds. The largest absolute Gasteiger partial charge is 0.339 e. The highest BCUT2D eigenvalue weighted by Gasteiger charge is 2.28. The molecule has 0 aromatic heterocycles. The van der Waals surface area contributed by atoms with Gasteiger partial charge < -0.3 is 15.1 Å². The van der Waals surface area contributed by atoms with Crippen LogP contribution >= 0.6 is 11.8 Å². The fourth-order valence-corrected chi connectivity index (χ4v) is 3.59. The Morgan fingerprint density at radius 3 is 2.72 bits per heavy atom. The highest BCUT2D eigenvalue weighted by molar-refractivity contribution is 8.00. The molecule has 1 unspecified atom stereocenters. The maximum atomic E-state index is 12.1. The number of nitrogens with zero attached hydrogens (tertiary/aromatic N) is 2. The van der Waals surface area contributed by atoms with Crippen molar-refractivity contribution in [3.05, 3.63) is 0 Å². The first kappa shape index (κ1) is 13.7. The Labute approximate surface area is 112 Å². The minimum Gasteiger partial charge on any atom is -0.339 e. The molecule has 1 atom stereocenters. The Kier molecular flexibility index (Phi) is 4.88. The van der Waals surface area contributed by atoms with Crippen LogP contribution in [0.5, 0.6) is 0 Å². The molecule has 2 saturated heterocycles. The second-order valence-corrected chi connectivity index (χ2v) is 6.14. The first-order valence-electron chi connectivity index (χ1n) is 6.53. The summed E-state index contributed by atoms with van der Waals surface area (Å²) in [5, 5.41) is 3.29. The molecule has 1 N–H and O–H groups in total. The van der Waals surface area contributed by atoms with Gasteiger partial charge in [0.05, 0.1) is 11.8 Å². The van der Waals surface area contributed by atoms with E-state index in [9.17, 15) is 9.59 Å². The predicted octanol–water partition coefficient (Wildman–Crippen LogP) is -0.228. The van der Waals surface area contributed by atoms with E-state index >= 15 is 0 Å². The van der Waals surface area contributed by atoms with Crippen molar-refractivity contribution in [3.63, 3.8) is 0 Å². The van der Waals surface area contributed by atoms with E-state index in [1.165, 1.54) is 0 Å². The van der Waals surface area contributed by atoms with Gasteiger partial charge in [0, 0.05) is 33.2 Å². The SMILES string of the molecule is CN(CC(=O)N1CCNCC1)C(=O)C1CCCS1. The van der Waals surface area contributed by atoms with Crippen molar-refractivity contribution in [1.29, 1.82) is 0 Å². The number of rotatable bonds is 3. The van der Waals surface area contributed by atoms with Crippen molar-refractivity contribution < 1.29 is 9.59 Å². The number of carbonyl (C=O) groups is 2. The van der Waals surface area contributed by atoms with Crippen LogP contribution in [0.1, 0.15) is 12.8 Å². The average molecular weight is 271 g/mol. The molecular formula is C12H21N3O2S. The molecule has 2 aliphatic heterocycles. The monoisotopic (exact) mass is 271 g/mol. The Balaban J connectivity index is 1.80. The van der Waals surface area contributed by atoms with Gasteiger partial charge in [-0.25, -0.2) is 0 Å². The number of hydrogen-bond acceptors (Lipinski definition) is 4. The molecule has 102 valence electrons. The summed E-state index contributed by atoms with van der Waals surface area (Å²) in [4.78, 5) is 27.5. The summed E-state index contributed by atoms with van der Waals surface area (Å²) in [6.07, 6.45) is 2.07. The van der Waals surface area contributed by atoms with Crippen LogP contribution in [0.4, 0.5) is 0 Å². The van der Waals surface area contributed by atoms with Gasteiger partial charge in [-0.15, -0.1) is 11.8 Å². The normalized spacial score (nSPS) is 24.1. The maximum absolute atomic E-state index is 12.1. The van der Waals surface area contributed by atoms with Crippen molar-refractivity contribution in [2.24, 2.45) is 0 Å². The zero-order valence-electron chi connectivity index (χ0n) is 10.9. The number of thioether (sulfide) groups is 1. The van der Waals surface area contributed by atoms with Crippen LogP contribution in [-0.2, 0) is 9.59 Å². The number of nitrogens with one attached hydrogen (secondary N) is 1. The lowest BCUT2D eigenvalue weighted by Crippen LogP contribution is -2.50. The summed E-state index contributed by atoms with van der Waals surface area (Å²) >= 11 is 1.72. The summed E-state index contributed by atoms with van der Waals surface area (Å²) in [7, 11) is 1.74. The Morgan fingerprint density at radius 1 is 1.39 bits per heavy atom. The molecule has 6 heteroatoms. The van der Waals surface area contributed by atoms with Crippen LogP contribution in [0.25, 0.3) is 0 Å². The van der Waals surface area contributed by atoms with Gasteiger partial charge in [0.1, 0.15) is 0 Å². The number of amides is 2. The quantitative estimate of drug-likeness (QED) is 0.770. The third-order valence-corrected chi connectivity index (χ3v) is 4.79. The minimum atomic E-state index is 0.0651. The van der Waals surface area contributed by atoms with E-state index in [1.807, 2.05) is 4.90 Å².